The van der Waals surface area contributed by atoms with E-state index in [9.17, 15) is 0 Å². The van der Waals surface area contributed by atoms with Gasteiger partial charge < -0.3 is 4.90 Å². The summed E-state index contributed by atoms with van der Waals surface area (Å²) < 4.78 is 0. The molecular formula is C11H19N. The molecule has 1 heteroatoms. The molecule has 0 aromatic heterocycles. The lowest BCUT2D eigenvalue weighted by molar-refractivity contribution is 0.409. The molecule has 1 atom stereocenters. The van der Waals surface area contributed by atoms with Crippen LogP contribution in [0, 0.1) is 0 Å². The first kappa shape index (κ1) is 11.0. The van der Waals surface area contributed by atoms with Crippen LogP contribution in [-0.2, 0) is 0 Å². The molecular weight excluding hydrogens is 146 g/mol. The average Bonchev–Trinajstić information content (AvgIpc) is 2.11. The number of hydrogen-bond donors (Lipinski definition) is 0. The maximum Gasteiger partial charge on any atom is 0.0438 e. The molecule has 0 aromatic carbocycles. The van der Waals surface area contributed by atoms with Crippen LogP contribution in [0.3, 0.4) is 0 Å². The third kappa shape index (κ3) is 4.02. The smallest absolute Gasteiger partial charge is 0.0438 e. The number of likely N-dealkylation sites (N-methyl/N-ethyl adjacent to an activating group) is 1. The summed E-state index contributed by atoms with van der Waals surface area (Å²) in [6.45, 7) is 11.8. The van der Waals surface area contributed by atoms with Crippen LogP contribution in [0.5, 0.6) is 0 Å². The molecule has 0 aliphatic rings. The molecule has 0 rings (SSSR count). The van der Waals surface area contributed by atoms with E-state index >= 15 is 0 Å². The van der Waals surface area contributed by atoms with Gasteiger partial charge in [0.1, 0.15) is 0 Å². The van der Waals surface area contributed by atoms with E-state index in [2.05, 4.69) is 44.1 Å². The van der Waals surface area contributed by atoms with Gasteiger partial charge in [-0.3, -0.25) is 0 Å². The summed E-state index contributed by atoms with van der Waals surface area (Å²) in [6.07, 6.45) is 7.04. The van der Waals surface area contributed by atoms with Gasteiger partial charge in [0.05, 0.1) is 0 Å². The molecule has 0 spiro atoms. The zero-order chi connectivity index (χ0) is 9.56. The van der Waals surface area contributed by atoms with Crippen molar-refractivity contribution < 1.29 is 0 Å². The van der Waals surface area contributed by atoms with E-state index < -0.39 is 0 Å². The summed E-state index contributed by atoms with van der Waals surface area (Å²) in [5.74, 6) is 0. The minimum atomic E-state index is 0.394. The highest BCUT2D eigenvalue weighted by Crippen LogP contribution is 2.02. The largest absolute Gasteiger partial charge is 0.375 e. The van der Waals surface area contributed by atoms with Crippen LogP contribution in [0.1, 0.15) is 20.3 Å². The SMILES string of the molecule is C=CN(C)C(C)/C=C\C(=C)CC. The van der Waals surface area contributed by atoms with Crippen LogP contribution in [-0.4, -0.2) is 18.0 Å². The Kier molecular flexibility index (Phi) is 5.18. The Morgan fingerprint density at radius 1 is 1.58 bits per heavy atom. The maximum absolute atomic E-state index is 3.90. The summed E-state index contributed by atoms with van der Waals surface area (Å²) >= 11 is 0. The van der Waals surface area contributed by atoms with E-state index in [0.717, 1.165) is 6.42 Å². The van der Waals surface area contributed by atoms with Crippen molar-refractivity contribution in [3.05, 3.63) is 37.1 Å². The Morgan fingerprint density at radius 2 is 2.17 bits per heavy atom. The summed E-state index contributed by atoms with van der Waals surface area (Å²) in [4.78, 5) is 2.06. The van der Waals surface area contributed by atoms with Crippen LogP contribution in [0.4, 0.5) is 0 Å². The van der Waals surface area contributed by atoms with Gasteiger partial charge in [0.25, 0.3) is 0 Å². The van der Waals surface area contributed by atoms with Gasteiger partial charge in [-0.2, -0.15) is 0 Å². The first-order valence-electron chi connectivity index (χ1n) is 4.32. The monoisotopic (exact) mass is 165 g/mol. The fraction of sp³-hybridized carbons (Fsp3) is 0.455. The summed E-state index contributed by atoms with van der Waals surface area (Å²) in [7, 11) is 2.01. The Hall–Kier alpha value is -0.980. The topological polar surface area (TPSA) is 3.24 Å². The number of hydrogen-bond acceptors (Lipinski definition) is 1. The van der Waals surface area contributed by atoms with Crippen molar-refractivity contribution in [1.82, 2.24) is 4.90 Å². The lowest BCUT2D eigenvalue weighted by Crippen LogP contribution is -2.20. The quantitative estimate of drug-likeness (QED) is 0.566. The van der Waals surface area contributed by atoms with Crippen LogP contribution in [0.15, 0.2) is 37.1 Å². The lowest BCUT2D eigenvalue weighted by Gasteiger charge is -2.18. The van der Waals surface area contributed by atoms with Gasteiger partial charge in [-0.05, 0) is 19.5 Å². The highest BCUT2D eigenvalue weighted by atomic mass is 15.1. The maximum atomic E-state index is 3.90. The van der Waals surface area contributed by atoms with Crippen molar-refractivity contribution in [3.8, 4) is 0 Å². The van der Waals surface area contributed by atoms with Crippen LogP contribution >= 0.6 is 0 Å². The van der Waals surface area contributed by atoms with E-state index in [0.29, 0.717) is 6.04 Å². The minimum absolute atomic E-state index is 0.394. The number of rotatable bonds is 5. The first-order valence-corrected chi connectivity index (χ1v) is 4.32. The predicted octanol–water partition coefficient (Wildman–Crippen LogP) is 2.97. The fourth-order valence-corrected chi connectivity index (χ4v) is 0.695. The van der Waals surface area contributed by atoms with Gasteiger partial charge in [-0.1, -0.05) is 37.8 Å². The average molecular weight is 165 g/mol. The van der Waals surface area contributed by atoms with Gasteiger partial charge in [0.15, 0.2) is 0 Å². The Labute approximate surface area is 76.1 Å². The molecule has 0 aliphatic heterocycles. The highest BCUT2D eigenvalue weighted by Gasteiger charge is 1.97. The van der Waals surface area contributed by atoms with Gasteiger partial charge in [0, 0.05) is 13.1 Å². The molecule has 0 radical (unpaired) electrons. The van der Waals surface area contributed by atoms with Crippen molar-refractivity contribution >= 4 is 0 Å². The Morgan fingerprint density at radius 3 is 2.58 bits per heavy atom. The summed E-state index contributed by atoms with van der Waals surface area (Å²) in [5, 5.41) is 0. The zero-order valence-corrected chi connectivity index (χ0v) is 8.38. The molecule has 12 heavy (non-hydrogen) atoms. The van der Waals surface area contributed by atoms with E-state index in [1.807, 2.05) is 13.2 Å². The lowest BCUT2D eigenvalue weighted by atomic mass is 10.2. The van der Waals surface area contributed by atoms with E-state index in [1.54, 1.807) is 0 Å². The molecule has 1 unspecified atom stereocenters. The predicted molar refractivity (Wildman–Crippen MR) is 56.0 cm³/mol. The molecule has 0 bridgehead atoms. The van der Waals surface area contributed by atoms with Gasteiger partial charge in [-0.25, -0.2) is 0 Å². The van der Waals surface area contributed by atoms with Crippen LogP contribution in [0.2, 0.25) is 0 Å². The second kappa shape index (κ2) is 5.64. The van der Waals surface area contributed by atoms with Gasteiger partial charge in [-0.15, -0.1) is 0 Å². The molecule has 0 heterocycles. The van der Waals surface area contributed by atoms with Gasteiger partial charge in [0.2, 0.25) is 0 Å². The number of nitrogens with zero attached hydrogens (tertiary/aromatic N) is 1. The second-order valence-corrected chi connectivity index (χ2v) is 2.96. The van der Waals surface area contributed by atoms with E-state index in [4.69, 9.17) is 0 Å². The first-order chi connectivity index (χ1) is 5.61. The van der Waals surface area contributed by atoms with Crippen molar-refractivity contribution in [3.63, 3.8) is 0 Å². The third-order valence-corrected chi connectivity index (χ3v) is 1.99. The Bertz CT molecular complexity index is 179. The third-order valence-electron chi connectivity index (χ3n) is 1.99. The summed E-state index contributed by atoms with van der Waals surface area (Å²) in [6, 6.07) is 0.394. The molecule has 0 saturated carbocycles. The molecule has 1 nitrogen and oxygen atoms in total. The van der Waals surface area contributed by atoms with Crippen LogP contribution in [0.25, 0.3) is 0 Å². The fourth-order valence-electron chi connectivity index (χ4n) is 0.695. The second-order valence-electron chi connectivity index (χ2n) is 2.96. The molecule has 0 N–H and O–H groups in total. The van der Waals surface area contributed by atoms with Crippen LogP contribution < -0.4 is 0 Å². The molecule has 0 saturated heterocycles. The summed E-state index contributed by atoms with van der Waals surface area (Å²) in [5.41, 5.74) is 1.17. The van der Waals surface area contributed by atoms with Crippen molar-refractivity contribution in [2.45, 2.75) is 26.3 Å². The van der Waals surface area contributed by atoms with E-state index in [1.165, 1.54) is 5.57 Å². The Balaban J connectivity index is 3.98. The molecule has 0 amide bonds. The molecule has 0 aliphatic carbocycles. The molecule has 68 valence electrons. The van der Waals surface area contributed by atoms with Crippen molar-refractivity contribution in [2.75, 3.05) is 7.05 Å². The zero-order valence-electron chi connectivity index (χ0n) is 8.38. The van der Waals surface area contributed by atoms with Crippen molar-refractivity contribution in [1.29, 1.82) is 0 Å². The molecule has 0 fully saturated rings. The standard InChI is InChI=1S/C11H19N/c1-6-10(3)8-9-11(4)12(5)7-2/h7-9,11H,2-3,6H2,1,4-5H3/b9-8-. The highest BCUT2D eigenvalue weighted by molar-refractivity contribution is 5.15. The molecule has 0 aromatic rings. The number of allylic oxidation sites excluding steroid dienone is 2. The van der Waals surface area contributed by atoms with Gasteiger partial charge >= 0.3 is 0 Å². The van der Waals surface area contributed by atoms with Crippen molar-refractivity contribution in [2.24, 2.45) is 0 Å². The minimum Gasteiger partial charge on any atom is -0.375 e. The normalized spacial score (nSPS) is 12.9. The van der Waals surface area contributed by atoms with E-state index in [-0.39, 0.29) is 0 Å².